The summed E-state index contributed by atoms with van der Waals surface area (Å²) in [4.78, 5) is 30.0. The highest BCUT2D eigenvalue weighted by Crippen LogP contribution is 2.41. The summed E-state index contributed by atoms with van der Waals surface area (Å²) in [6, 6.07) is 1.74. The summed E-state index contributed by atoms with van der Waals surface area (Å²) in [6.45, 7) is 10.5. The van der Waals surface area contributed by atoms with Crippen molar-refractivity contribution in [3.63, 3.8) is 0 Å². The van der Waals surface area contributed by atoms with Gasteiger partial charge in [0, 0.05) is 25.9 Å². The molecule has 6 heteroatoms. The maximum Gasteiger partial charge on any atom is 0.343 e. The van der Waals surface area contributed by atoms with Gasteiger partial charge in [0.1, 0.15) is 5.56 Å². The average Bonchev–Trinajstić information content (AvgIpc) is 2.75. The van der Waals surface area contributed by atoms with Crippen LogP contribution in [-0.2, 0) is 4.74 Å². The number of aromatic nitrogens is 1. The lowest BCUT2D eigenvalue weighted by Crippen LogP contribution is -2.42. The van der Waals surface area contributed by atoms with Gasteiger partial charge < -0.3 is 19.1 Å². The van der Waals surface area contributed by atoms with E-state index >= 15 is 0 Å². The lowest BCUT2D eigenvalue weighted by atomic mass is 9.83. The Morgan fingerprint density at radius 1 is 1.24 bits per heavy atom. The van der Waals surface area contributed by atoms with E-state index in [2.05, 4.69) is 74.5 Å². The molecular formula is C28H41N3O3. The van der Waals surface area contributed by atoms with Crippen molar-refractivity contribution in [1.29, 1.82) is 0 Å². The van der Waals surface area contributed by atoms with Crippen molar-refractivity contribution in [2.24, 2.45) is 5.41 Å². The van der Waals surface area contributed by atoms with Crippen LogP contribution in [0.1, 0.15) is 75.5 Å². The van der Waals surface area contributed by atoms with Gasteiger partial charge >= 0.3 is 5.97 Å². The lowest BCUT2D eigenvalue weighted by molar-refractivity contribution is 0.0522. The minimum atomic E-state index is -0.552. The van der Waals surface area contributed by atoms with Crippen molar-refractivity contribution in [2.75, 3.05) is 40.8 Å². The molecule has 1 atom stereocenters. The molecule has 0 radical (unpaired) electrons. The quantitative estimate of drug-likeness (QED) is 0.422. The van der Waals surface area contributed by atoms with Crippen LogP contribution in [0, 0.1) is 5.41 Å². The molecular weight excluding hydrogens is 426 g/mol. The molecule has 6 nitrogen and oxygen atoms in total. The predicted molar refractivity (Wildman–Crippen MR) is 139 cm³/mol. The largest absolute Gasteiger partial charge is 0.462 e. The van der Waals surface area contributed by atoms with Gasteiger partial charge in [-0.3, -0.25) is 4.79 Å². The second-order valence-corrected chi connectivity index (χ2v) is 10.8. The summed E-state index contributed by atoms with van der Waals surface area (Å²) >= 11 is 0. The number of likely N-dealkylation sites (N-methyl/N-ethyl adjacent to an activating group) is 1. The van der Waals surface area contributed by atoms with Crippen LogP contribution in [0.15, 0.2) is 46.4 Å². The highest BCUT2D eigenvalue weighted by atomic mass is 16.5. The number of pyridine rings is 1. The number of esters is 1. The molecule has 0 N–H and O–H groups in total. The highest BCUT2D eigenvalue weighted by molar-refractivity contribution is 5.89. The third-order valence-electron chi connectivity index (χ3n) is 6.69. The summed E-state index contributed by atoms with van der Waals surface area (Å²) in [5.74, 6) is -0.552. The van der Waals surface area contributed by atoms with Gasteiger partial charge in [-0.15, -0.1) is 0 Å². The zero-order valence-corrected chi connectivity index (χ0v) is 22.0. The second-order valence-electron chi connectivity index (χ2n) is 10.8. The van der Waals surface area contributed by atoms with Crippen LogP contribution in [0.25, 0.3) is 5.70 Å². The third-order valence-corrected chi connectivity index (χ3v) is 6.69. The summed E-state index contributed by atoms with van der Waals surface area (Å²) in [5.41, 5.74) is 4.35. The Morgan fingerprint density at radius 3 is 2.62 bits per heavy atom. The SMILES string of the molecule is CCOC(=O)c1cn2c(cc1=O)/C(=C1\C=CC=C(CCCCN(C)C)C1)N(C)CC2C(C)(C)C. The smallest absolute Gasteiger partial charge is 0.343 e. The fraction of sp³-hybridized carbons (Fsp3) is 0.571. The van der Waals surface area contributed by atoms with Gasteiger partial charge in [0.15, 0.2) is 5.43 Å². The van der Waals surface area contributed by atoms with Crippen molar-refractivity contribution < 1.29 is 9.53 Å². The zero-order chi connectivity index (χ0) is 25.0. The highest BCUT2D eigenvalue weighted by Gasteiger charge is 2.36. The van der Waals surface area contributed by atoms with Crippen molar-refractivity contribution >= 4 is 11.7 Å². The molecule has 0 bridgehead atoms. The molecule has 0 aromatic carbocycles. The normalized spacial score (nSPS) is 20.4. The molecule has 34 heavy (non-hydrogen) atoms. The molecule has 0 saturated heterocycles. The number of rotatable bonds is 7. The molecule has 1 aliphatic heterocycles. The number of nitrogens with zero attached hydrogens (tertiary/aromatic N) is 3. The topological polar surface area (TPSA) is 54.8 Å². The molecule has 186 valence electrons. The van der Waals surface area contributed by atoms with Crippen molar-refractivity contribution in [2.45, 2.75) is 59.4 Å². The van der Waals surface area contributed by atoms with E-state index in [9.17, 15) is 9.59 Å². The Balaban J connectivity index is 2.01. The first-order valence-corrected chi connectivity index (χ1v) is 12.4. The first kappa shape index (κ1) is 26.0. The monoisotopic (exact) mass is 467 g/mol. The summed E-state index contributed by atoms with van der Waals surface area (Å²) in [7, 11) is 6.33. The third kappa shape index (κ3) is 5.90. The number of fused-ring (bicyclic) bond motifs is 1. The standard InChI is InChI=1S/C28H41N3O3/c1-8-34-27(33)22-18-31-23(17-24(22)32)26(30(7)19-25(31)28(2,3)4)21-14-11-13-20(16-21)12-9-10-15-29(5)6/h11,13-14,17-18,25H,8-10,12,15-16,19H2,1-7H3/b26-21-. The number of unbranched alkanes of at least 4 members (excludes halogenated alkanes) is 1. The molecule has 0 saturated carbocycles. The molecule has 1 aromatic rings. The van der Waals surface area contributed by atoms with Crippen LogP contribution in [0.2, 0.25) is 0 Å². The van der Waals surface area contributed by atoms with Crippen LogP contribution in [0.3, 0.4) is 0 Å². The Morgan fingerprint density at radius 2 is 1.97 bits per heavy atom. The van der Waals surface area contributed by atoms with E-state index in [0.717, 1.165) is 37.3 Å². The first-order chi connectivity index (χ1) is 16.0. The van der Waals surface area contributed by atoms with E-state index in [1.807, 2.05) is 0 Å². The van der Waals surface area contributed by atoms with E-state index in [1.165, 1.54) is 24.0 Å². The van der Waals surface area contributed by atoms with Crippen LogP contribution in [0.4, 0.5) is 0 Å². The van der Waals surface area contributed by atoms with Gasteiger partial charge in [-0.05, 0) is 64.2 Å². The van der Waals surface area contributed by atoms with Gasteiger partial charge in [-0.1, -0.05) is 44.6 Å². The number of carbonyl (C=O) groups excluding carboxylic acids is 1. The maximum absolute atomic E-state index is 13.0. The van der Waals surface area contributed by atoms with Crippen molar-refractivity contribution in [3.8, 4) is 0 Å². The summed E-state index contributed by atoms with van der Waals surface area (Å²) in [6.07, 6.45) is 12.6. The van der Waals surface area contributed by atoms with Crippen LogP contribution < -0.4 is 5.43 Å². The maximum atomic E-state index is 13.0. The van der Waals surface area contributed by atoms with E-state index in [1.54, 1.807) is 19.2 Å². The molecule has 0 fully saturated rings. The minimum absolute atomic E-state index is 0.0554. The molecule has 0 spiro atoms. The number of carbonyl (C=O) groups is 1. The average molecular weight is 468 g/mol. The molecule has 1 aliphatic carbocycles. The second kappa shape index (κ2) is 10.8. The molecule has 3 rings (SSSR count). The molecule has 0 amide bonds. The summed E-state index contributed by atoms with van der Waals surface area (Å²) in [5, 5.41) is 0. The number of ether oxygens (including phenoxy) is 1. The Labute approximate surface area is 204 Å². The predicted octanol–water partition coefficient (Wildman–Crippen LogP) is 4.89. The van der Waals surface area contributed by atoms with Gasteiger partial charge in [0.05, 0.1) is 24.0 Å². The number of allylic oxidation sites excluding steroid dienone is 5. The molecule has 1 aromatic heterocycles. The van der Waals surface area contributed by atoms with Gasteiger partial charge in [-0.25, -0.2) is 4.79 Å². The van der Waals surface area contributed by atoms with E-state index < -0.39 is 5.97 Å². The zero-order valence-electron chi connectivity index (χ0n) is 22.0. The van der Waals surface area contributed by atoms with Crippen LogP contribution in [-0.4, -0.2) is 61.2 Å². The molecule has 2 aliphatic rings. The van der Waals surface area contributed by atoms with Crippen LogP contribution in [0.5, 0.6) is 0 Å². The number of hydrogen-bond acceptors (Lipinski definition) is 5. The van der Waals surface area contributed by atoms with Gasteiger partial charge in [0.25, 0.3) is 0 Å². The minimum Gasteiger partial charge on any atom is -0.462 e. The Kier molecular flexibility index (Phi) is 8.24. The lowest BCUT2D eigenvalue weighted by Gasteiger charge is -2.44. The van der Waals surface area contributed by atoms with Crippen molar-refractivity contribution in [1.82, 2.24) is 14.4 Å². The van der Waals surface area contributed by atoms with Gasteiger partial charge in [0.2, 0.25) is 0 Å². The molecule has 2 heterocycles. The van der Waals surface area contributed by atoms with E-state index in [4.69, 9.17) is 4.74 Å². The molecule has 1 unspecified atom stereocenters. The van der Waals surface area contributed by atoms with Crippen molar-refractivity contribution in [3.05, 3.63) is 63.1 Å². The van der Waals surface area contributed by atoms with E-state index in [-0.39, 0.29) is 29.1 Å². The van der Waals surface area contributed by atoms with E-state index in [0.29, 0.717) is 0 Å². The first-order valence-electron chi connectivity index (χ1n) is 12.4. The fourth-order valence-electron chi connectivity index (χ4n) is 4.87. The Hall–Kier alpha value is -2.60. The van der Waals surface area contributed by atoms with Crippen LogP contribution >= 0.6 is 0 Å². The number of hydrogen-bond donors (Lipinski definition) is 0. The Bertz CT molecular complexity index is 1050. The van der Waals surface area contributed by atoms with Gasteiger partial charge in [-0.2, -0.15) is 0 Å². The summed E-state index contributed by atoms with van der Waals surface area (Å²) < 4.78 is 7.30. The fourth-order valence-corrected chi connectivity index (χ4v) is 4.87.